The lowest BCUT2D eigenvalue weighted by Crippen LogP contribution is -2.48. The van der Waals surface area contributed by atoms with Gasteiger partial charge in [0.25, 0.3) is 0 Å². The Morgan fingerprint density at radius 3 is 1.72 bits per heavy atom. The zero-order valence-corrected chi connectivity index (χ0v) is 20.0. The zero-order chi connectivity index (χ0) is 22.4. The normalized spacial score (nSPS) is 17.1. The van der Waals surface area contributed by atoms with Gasteiger partial charge < -0.3 is 10.2 Å². The summed E-state index contributed by atoms with van der Waals surface area (Å²) in [6, 6.07) is 27.8. The third-order valence-electron chi connectivity index (χ3n) is 6.75. The predicted octanol–water partition coefficient (Wildman–Crippen LogP) is 6.19. The second-order valence-corrected chi connectivity index (χ2v) is 9.73. The average molecular weight is 494 g/mol. The summed E-state index contributed by atoms with van der Waals surface area (Å²) in [6.45, 7) is 1.79. The molecule has 0 bridgehead atoms. The second-order valence-electron chi connectivity index (χ2n) is 8.82. The number of benzene rings is 3. The summed E-state index contributed by atoms with van der Waals surface area (Å²) in [5, 5.41) is 23.8. The Balaban J connectivity index is 1.59. The van der Waals surface area contributed by atoms with Gasteiger partial charge in [0.15, 0.2) is 0 Å². The summed E-state index contributed by atoms with van der Waals surface area (Å²) in [4.78, 5) is 2.23. The summed E-state index contributed by atoms with van der Waals surface area (Å²) in [5.41, 5.74) is 0.568. The van der Waals surface area contributed by atoms with Gasteiger partial charge in [0.05, 0.1) is 0 Å². The zero-order valence-electron chi connectivity index (χ0n) is 18.5. The lowest BCUT2D eigenvalue weighted by atomic mass is 9.81. The van der Waals surface area contributed by atoms with Gasteiger partial charge in [-0.1, -0.05) is 95.1 Å². The van der Waals surface area contributed by atoms with Gasteiger partial charge in [-0.25, -0.2) is 0 Å². The Hall–Kier alpha value is -1.98. The van der Waals surface area contributed by atoms with Crippen molar-refractivity contribution >= 4 is 15.9 Å². The molecule has 2 N–H and O–H groups in total. The van der Waals surface area contributed by atoms with Crippen LogP contribution in [0.15, 0.2) is 89.4 Å². The molecule has 32 heavy (non-hydrogen) atoms. The van der Waals surface area contributed by atoms with Gasteiger partial charge in [0, 0.05) is 17.6 Å². The fraction of sp³-hybridized carbons (Fsp3) is 0.357. The number of rotatable bonds is 8. The van der Waals surface area contributed by atoms with Gasteiger partial charge in [0.1, 0.15) is 11.3 Å². The summed E-state index contributed by atoms with van der Waals surface area (Å²) < 4.78 is 1.00. The largest absolute Gasteiger partial charge is 0.380 e. The molecule has 1 aliphatic heterocycles. The molecule has 1 heterocycles. The summed E-state index contributed by atoms with van der Waals surface area (Å²) >= 11 is 3.51. The van der Waals surface area contributed by atoms with Crippen LogP contribution in [-0.2, 0) is 11.3 Å². The van der Waals surface area contributed by atoms with Crippen LogP contribution in [0, 0.1) is 0 Å². The predicted molar refractivity (Wildman–Crippen MR) is 133 cm³/mol. The summed E-state index contributed by atoms with van der Waals surface area (Å²) in [7, 11) is 0. The van der Waals surface area contributed by atoms with Crippen molar-refractivity contribution in [2.24, 2.45) is 0 Å². The number of aliphatic hydroxyl groups is 2. The molecule has 0 radical (unpaired) electrons. The molecular formula is C28H32BrNO2. The standard InChI is InChI=1S/C28H32BrNO2/c29-26-17-15-25(16-18-26)28(32,30-21-8-3-9-22-30)20-10-19-27(31,23-11-4-1-5-12-23)24-13-6-2-7-14-24/h1-2,4-7,11-18,31-32H,3,8-10,19-22H2. The van der Waals surface area contributed by atoms with E-state index in [0.717, 1.165) is 47.1 Å². The summed E-state index contributed by atoms with van der Waals surface area (Å²) in [5.74, 6) is 0. The third kappa shape index (κ3) is 4.99. The van der Waals surface area contributed by atoms with Crippen LogP contribution in [-0.4, -0.2) is 28.2 Å². The highest BCUT2D eigenvalue weighted by Gasteiger charge is 2.38. The monoisotopic (exact) mass is 493 g/mol. The Morgan fingerprint density at radius 1 is 0.656 bits per heavy atom. The molecule has 3 aromatic carbocycles. The van der Waals surface area contributed by atoms with Gasteiger partial charge in [-0.2, -0.15) is 0 Å². The molecule has 1 aliphatic rings. The van der Waals surface area contributed by atoms with E-state index >= 15 is 0 Å². The van der Waals surface area contributed by atoms with Crippen LogP contribution in [0.25, 0.3) is 0 Å². The highest BCUT2D eigenvalue weighted by Crippen LogP contribution is 2.39. The molecule has 4 rings (SSSR count). The Morgan fingerprint density at radius 2 is 1.19 bits per heavy atom. The number of nitrogens with zero attached hydrogens (tertiary/aromatic N) is 1. The lowest BCUT2D eigenvalue weighted by molar-refractivity contribution is -0.132. The van der Waals surface area contributed by atoms with Crippen LogP contribution >= 0.6 is 15.9 Å². The highest BCUT2D eigenvalue weighted by molar-refractivity contribution is 9.10. The average Bonchev–Trinajstić information content (AvgIpc) is 2.86. The number of hydrogen-bond donors (Lipinski definition) is 2. The Kier molecular flexibility index (Phi) is 7.47. The quantitative estimate of drug-likeness (QED) is 0.393. The number of hydrogen-bond acceptors (Lipinski definition) is 3. The van der Waals surface area contributed by atoms with Gasteiger partial charge in [-0.15, -0.1) is 0 Å². The van der Waals surface area contributed by atoms with Gasteiger partial charge >= 0.3 is 0 Å². The molecule has 1 fully saturated rings. The molecule has 168 valence electrons. The fourth-order valence-electron chi connectivity index (χ4n) is 4.94. The molecule has 0 aromatic heterocycles. The first-order valence-corrected chi connectivity index (χ1v) is 12.4. The van der Waals surface area contributed by atoms with E-state index in [9.17, 15) is 10.2 Å². The molecule has 0 aliphatic carbocycles. The minimum absolute atomic E-state index is 0.535. The molecule has 0 saturated carbocycles. The minimum Gasteiger partial charge on any atom is -0.380 e. The van der Waals surface area contributed by atoms with E-state index in [1.54, 1.807) is 0 Å². The molecule has 0 amide bonds. The van der Waals surface area contributed by atoms with E-state index in [2.05, 4.69) is 20.8 Å². The Labute approximate surface area is 199 Å². The van der Waals surface area contributed by atoms with Crippen LogP contribution in [0.1, 0.15) is 55.2 Å². The first-order valence-electron chi connectivity index (χ1n) is 11.6. The van der Waals surface area contributed by atoms with Crippen molar-refractivity contribution in [1.82, 2.24) is 4.90 Å². The molecule has 3 aromatic rings. The third-order valence-corrected chi connectivity index (χ3v) is 7.28. The van der Waals surface area contributed by atoms with Crippen LogP contribution in [0.2, 0.25) is 0 Å². The topological polar surface area (TPSA) is 43.7 Å². The van der Waals surface area contributed by atoms with Gasteiger partial charge in [-0.3, -0.25) is 4.90 Å². The van der Waals surface area contributed by atoms with E-state index in [1.165, 1.54) is 6.42 Å². The van der Waals surface area contributed by atoms with Crippen LogP contribution in [0.3, 0.4) is 0 Å². The van der Waals surface area contributed by atoms with E-state index in [4.69, 9.17) is 0 Å². The molecule has 1 unspecified atom stereocenters. The maximum absolute atomic E-state index is 12.0. The fourth-order valence-corrected chi connectivity index (χ4v) is 5.20. The van der Waals surface area contributed by atoms with E-state index in [0.29, 0.717) is 19.3 Å². The van der Waals surface area contributed by atoms with Crippen molar-refractivity contribution in [3.05, 3.63) is 106 Å². The SMILES string of the molecule is OC(CCCC(O)(c1ccc(Br)cc1)N1CCCCC1)(c1ccccc1)c1ccccc1. The molecule has 4 heteroatoms. The van der Waals surface area contributed by atoms with E-state index in [1.807, 2.05) is 84.9 Å². The molecule has 1 saturated heterocycles. The molecule has 1 atom stereocenters. The number of halogens is 1. The minimum atomic E-state index is -1.09. The van der Waals surface area contributed by atoms with E-state index < -0.39 is 11.3 Å². The molecular weight excluding hydrogens is 462 g/mol. The van der Waals surface area contributed by atoms with Crippen molar-refractivity contribution in [2.75, 3.05) is 13.1 Å². The van der Waals surface area contributed by atoms with Crippen molar-refractivity contribution in [1.29, 1.82) is 0 Å². The number of likely N-dealkylation sites (tertiary alicyclic amines) is 1. The van der Waals surface area contributed by atoms with E-state index in [-0.39, 0.29) is 0 Å². The first-order chi connectivity index (χ1) is 15.5. The first kappa shape index (κ1) is 23.2. The van der Waals surface area contributed by atoms with Crippen LogP contribution in [0.5, 0.6) is 0 Å². The molecule has 0 spiro atoms. The Bertz CT molecular complexity index is 932. The number of piperidine rings is 1. The van der Waals surface area contributed by atoms with Crippen molar-refractivity contribution in [3.63, 3.8) is 0 Å². The second kappa shape index (κ2) is 10.3. The lowest BCUT2D eigenvalue weighted by Gasteiger charge is -2.43. The maximum atomic E-state index is 12.0. The maximum Gasteiger partial charge on any atom is 0.144 e. The van der Waals surface area contributed by atoms with Crippen molar-refractivity contribution in [3.8, 4) is 0 Å². The van der Waals surface area contributed by atoms with Crippen LogP contribution < -0.4 is 0 Å². The van der Waals surface area contributed by atoms with Crippen LogP contribution in [0.4, 0.5) is 0 Å². The highest BCUT2D eigenvalue weighted by atomic mass is 79.9. The smallest absolute Gasteiger partial charge is 0.144 e. The van der Waals surface area contributed by atoms with Crippen molar-refractivity contribution in [2.45, 2.75) is 49.9 Å². The molecule has 3 nitrogen and oxygen atoms in total. The van der Waals surface area contributed by atoms with Crippen molar-refractivity contribution < 1.29 is 10.2 Å². The van der Waals surface area contributed by atoms with Gasteiger partial charge in [0.2, 0.25) is 0 Å². The summed E-state index contributed by atoms with van der Waals surface area (Å²) in [6.07, 6.45) is 5.22. The van der Waals surface area contributed by atoms with Gasteiger partial charge in [-0.05, 0) is 60.9 Å².